The molecule has 0 aliphatic carbocycles. The lowest BCUT2D eigenvalue weighted by Crippen LogP contribution is -2.59. The van der Waals surface area contributed by atoms with Crippen LogP contribution in [0.5, 0.6) is 0 Å². The average Bonchev–Trinajstić information content (AvgIpc) is 3.21. The van der Waals surface area contributed by atoms with Crippen LogP contribution in [0.2, 0.25) is 0 Å². The van der Waals surface area contributed by atoms with Crippen LogP contribution in [0, 0.1) is 5.92 Å². The van der Waals surface area contributed by atoms with E-state index in [0.29, 0.717) is 5.56 Å². The number of aliphatic carboxylic acids is 1. The van der Waals surface area contributed by atoms with E-state index in [1.807, 2.05) is 24.3 Å². The van der Waals surface area contributed by atoms with Crippen LogP contribution in [0.1, 0.15) is 26.3 Å². The Balaban J connectivity index is 2.28. The van der Waals surface area contributed by atoms with E-state index >= 15 is 0 Å². The Morgan fingerprint density at radius 1 is 1.00 bits per heavy atom. The highest BCUT2D eigenvalue weighted by Crippen LogP contribution is 2.19. The Bertz CT molecular complexity index is 1060. The molecular weight excluding hydrogens is 474 g/mol. The molecule has 1 heterocycles. The highest BCUT2D eigenvalue weighted by molar-refractivity contribution is 7.80. The number of carbonyl (C=O) groups is 4. The van der Waals surface area contributed by atoms with Crippen LogP contribution in [-0.4, -0.2) is 74.9 Å². The summed E-state index contributed by atoms with van der Waals surface area (Å²) in [6.45, 7) is 4.77. The molecule has 0 radical (unpaired) electrons. The van der Waals surface area contributed by atoms with Crippen LogP contribution in [0.4, 0.5) is 0 Å². The van der Waals surface area contributed by atoms with Crippen LogP contribution >= 0.6 is 12.6 Å². The van der Waals surface area contributed by atoms with Gasteiger partial charge in [-0.3, -0.25) is 14.4 Å². The highest BCUT2D eigenvalue weighted by atomic mass is 32.1. The van der Waals surface area contributed by atoms with Gasteiger partial charge in [0.15, 0.2) is 6.04 Å². The molecule has 3 amide bonds. The number of nitrogens with two attached hydrogens (primary N) is 1. The first-order valence-electron chi connectivity index (χ1n) is 11.2. The second-order valence-electron chi connectivity index (χ2n) is 8.70. The van der Waals surface area contributed by atoms with Gasteiger partial charge in [0.1, 0.15) is 12.1 Å². The minimum Gasteiger partial charge on any atom is -0.480 e. The average molecular weight is 508 g/mol. The van der Waals surface area contributed by atoms with Gasteiger partial charge in [0.05, 0.1) is 12.1 Å². The Morgan fingerprint density at radius 3 is 2.17 bits per heavy atom. The summed E-state index contributed by atoms with van der Waals surface area (Å²) in [6.07, 6.45) is 0.342. The molecule has 0 fully saturated rings. The molecule has 5 atom stereocenters. The zero-order valence-electron chi connectivity index (χ0n) is 19.8. The minimum atomic E-state index is -1.57. The predicted molar refractivity (Wildman–Crippen MR) is 134 cm³/mol. The van der Waals surface area contributed by atoms with E-state index in [-0.39, 0.29) is 18.1 Å². The lowest BCUT2D eigenvalue weighted by atomic mass is 10.0. The van der Waals surface area contributed by atoms with Crippen LogP contribution in [0.25, 0.3) is 10.9 Å². The van der Waals surface area contributed by atoms with Crippen molar-refractivity contribution in [1.29, 1.82) is 0 Å². The summed E-state index contributed by atoms with van der Waals surface area (Å²) in [6, 6.07) is 2.67. The van der Waals surface area contributed by atoms with E-state index in [4.69, 9.17) is 5.73 Å². The molecule has 0 spiro atoms. The fourth-order valence-electron chi connectivity index (χ4n) is 3.41. The molecule has 0 bridgehead atoms. The number of fused-ring (bicyclic) bond motifs is 1. The fourth-order valence-corrected chi connectivity index (χ4v) is 3.67. The van der Waals surface area contributed by atoms with Gasteiger partial charge in [0.2, 0.25) is 17.7 Å². The topological polar surface area (TPSA) is 187 Å². The monoisotopic (exact) mass is 507 g/mol. The molecular formula is C23H33N5O6S. The van der Waals surface area contributed by atoms with Gasteiger partial charge in [0, 0.05) is 29.3 Å². The zero-order valence-corrected chi connectivity index (χ0v) is 20.7. The molecule has 12 heteroatoms. The summed E-state index contributed by atoms with van der Waals surface area (Å²) >= 11 is 4.14. The number of aromatic amines is 1. The third-order valence-electron chi connectivity index (χ3n) is 5.61. The Hall–Kier alpha value is -3.09. The Labute approximate surface area is 208 Å². The van der Waals surface area contributed by atoms with Crippen LogP contribution in [0.15, 0.2) is 30.5 Å². The summed E-state index contributed by atoms with van der Waals surface area (Å²) < 4.78 is 0. The number of carboxylic acids is 1. The van der Waals surface area contributed by atoms with Crippen molar-refractivity contribution in [2.24, 2.45) is 11.7 Å². The fraction of sp³-hybridized carbons (Fsp3) is 0.478. The first-order chi connectivity index (χ1) is 16.5. The van der Waals surface area contributed by atoms with E-state index in [0.717, 1.165) is 10.9 Å². The van der Waals surface area contributed by atoms with Gasteiger partial charge >= 0.3 is 5.97 Å². The quantitative estimate of drug-likeness (QED) is 0.179. The molecule has 0 aliphatic heterocycles. The number of aliphatic hydroxyl groups is 1. The predicted octanol–water partition coefficient (Wildman–Crippen LogP) is -0.457. The van der Waals surface area contributed by atoms with Gasteiger partial charge in [0.25, 0.3) is 0 Å². The van der Waals surface area contributed by atoms with E-state index in [1.165, 1.54) is 6.92 Å². The van der Waals surface area contributed by atoms with Crippen molar-refractivity contribution in [1.82, 2.24) is 20.9 Å². The number of nitrogens with one attached hydrogen (secondary N) is 4. The number of thiol groups is 1. The van der Waals surface area contributed by atoms with Crippen molar-refractivity contribution < 1.29 is 29.4 Å². The minimum absolute atomic E-state index is 0.0203. The molecule has 1 aromatic heterocycles. The molecule has 5 unspecified atom stereocenters. The SMILES string of the molecule is CC(C)C(N)C(=O)NC(CS)C(=O)NC(Cc1c[nH]c2ccccc12)C(=O)NC(C(=O)O)C(C)O. The maximum Gasteiger partial charge on any atom is 0.328 e. The molecule has 35 heavy (non-hydrogen) atoms. The van der Waals surface area contributed by atoms with Crippen molar-refractivity contribution in [3.05, 3.63) is 36.0 Å². The van der Waals surface area contributed by atoms with Crippen LogP contribution in [0.3, 0.4) is 0 Å². The lowest BCUT2D eigenvalue weighted by Gasteiger charge is -2.25. The largest absolute Gasteiger partial charge is 0.480 e. The summed E-state index contributed by atoms with van der Waals surface area (Å²) in [5.74, 6) is -3.67. The van der Waals surface area contributed by atoms with Gasteiger partial charge < -0.3 is 36.9 Å². The molecule has 11 nitrogen and oxygen atoms in total. The van der Waals surface area contributed by atoms with Crippen molar-refractivity contribution in [2.45, 2.75) is 57.5 Å². The summed E-state index contributed by atoms with van der Waals surface area (Å²) in [7, 11) is 0. The third kappa shape index (κ3) is 7.44. The van der Waals surface area contributed by atoms with Gasteiger partial charge in [-0.2, -0.15) is 12.6 Å². The number of aliphatic hydroxyl groups excluding tert-OH is 1. The smallest absolute Gasteiger partial charge is 0.328 e. The van der Waals surface area contributed by atoms with Gasteiger partial charge in [-0.15, -0.1) is 0 Å². The number of para-hydroxylation sites is 1. The lowest BCUT2D eigenvalue weighted by molar-refractivity contribution is -0.145. The van der Waals surface area contributed by atoms with E-state index in [9.17, 15) is 29.4 Å². The van der Waals surface area contributed by atoms with Crippen molar-refractivity contribution >= 4 is 47.2 Å². The second kappa shape index (κ2) is 12.6. The molecule has 2 rings (SSSR count). The van der Waals surface area contributed by atoms with Gasteiger partial charge in [-0.25, -0.2) is 4.79 Å². The normalized spacial score (nSPS) is 15.6. The number of benzene rings is 1. The summed E-state index contributed by atoms with van der Waals surface area (Å²) in [4.78, 5) is 53.0. The molecule has 2 aromatic rings. The molecule has 0 aliphatic rings. The van der Waals surface area contributed by atoms with Crippen LogP contribution in [-0.2, 0) is 25.6 Å². The number of carbonyl (C=O) groups excluding carboxylic acids is 3. The van der Waals surface area contributed by atoms with Gasteiger partial charge in [-0.1, -0.05) is 32.0 Å². The third-order valence-corrected chi connectivity index (χ3v) is 5.98. The molecule has 0 saturated carbocycles. The zero-order chi connectivity index (χ0) is 26.3. The van der Waals surface area contributed by atoms with E-state index in [2.05, 4.69) is 33.6 Å². The number of hydrogen-bond donors (Lipinski definition) is 8. The van der Waals surface area contributed by atoms with Crippen LogP contribution < -0.4 is 21.7 Å². The molecule has 1 aromatic carbocycles. The Kier molecular flexibility index (Phi) is 10.1. The number of rotatable bonds is 12. The summed E-state index contributed by atoms with van der Waals surface area (Å²) in [5, 5.41) is 27.3. The first kappa shape index (κ1) is 28.1. The maximum absolute atomic E-state index is 13.1. The summed E-state index contributed by atoms with van der Waals surface area (Å²) in [5.41, 5.74) is 7.38. The number of aromatic nitrogens is 1. The number of carboxylic acid groups (broad SMARTS) is 1. The number of amides is 3. The van der Waals surface area contributed by atoms with Crippen molar-refractivity contribution in [2.75, 3.05) is 5.75 Å². The first-order valence-corrected chi connectivity index (χ1v) is 11.8. The Morgan fingerprint density at radius 2 is 1.60 bits per heavy atom. The highest BCUT2D eigenvalue weighted by Gasteiger charge is 2.32. The number of H-pyrrole nitrogens is 1. The molecule has 8 N–H and O–H groups in total. The van der Waals surface area contributed by atoms with Crippen molar-refractivity contribution in [3.8, 4) is 0 Å². The molecule has 0 saturated heterocycles. The standard InChI is InChI=1S/C23H33N5O6S/c1-11(2)18(24)22(32)27-17(10-35)21(31)26-16(20(30)28-19(12(3)29)23(33)34)8-13-9-25-15-7-5-4-6-14(13)15/h4-7,9,11-12,16-19,25,29,35H,8,10,24H2,1-3H3,(H,26,31)(H,27,32)(H,28,30)(H,33,34). The van der Waals surface area contributed by atoms with Crippen molar-refractivity contribution in [3.63, 3.8) is 0 Å². The maximum atomic E-state index is 13.1. The number of hydrogen-bond acceptors (Lipinski definition) is 7. The van der Waals surface area contributed by atoms with Gasteiger partial charge in [-0.05, 0) is 24.5 Å². The second-order valence-corrected chi connectivity index (χ2v) is 9.07. The van der Waals surface area contributed by atoms with E-state index in [1.54, 1.807) is 20.0 Å². The molecule has 192 valence electrons. The van der Waals surface area contributed by atoms with E-state index < -0.39 is 54.0 Å².